The number of aromatic nitrogens is 1. The number of aliphatic hydroxyl groups is 1. The van der Waals surface area contributed by atoms with Gasteiger partial charge < -0.3 is 15.0 Å². The van der Waals surface area contributed by atoms with Crippen LogP contribution in [0.1, 0.15) is 36.2 Å². The van der Waals surface area contributed by atoms with Crippen LogP contribution in [0.25, 0.3) is 0 Å². The molecule has 2 rings (SSSR count). The second kappa shape index (κ2) is 7.60. The first-order chi connectivity index (χ1) is 10.2. The molecule has 0 bridgehead atoms. The minimum atomic E-state index is 0.267. The van der Waals surface area contributed by atoms with Crippen molar-refractivity contribution in [1.82, 2.24) is 14.8 Å². The third-order valence-corrected chi connectivity index (χ3v) is 4.61. The van der Waals surface area contributed by atoms with Crippen molar-refractivity contribution in [2.75, 3.05) is 26.2 Å². The molecular formula is C16H26N4O. The number of hydrogen-bond donors (Lipinski definition) is 2. The van der Waals surface area contributed by atoms with Crippen LogP contribution in [0.4, 0.5) is 0 Å². The molecule has 5 heteroatoms. The van der Waals surface area contributed by atoms with Gasteiger partial charge in [0.25, 0.3) is 0 Å². The Morgan fingerprint density at radius 3 is 2.95 bits per heavy atom. The van der Waals surface area contributed by atoms with Crippen LogP contribution in [0, 0.1) is 18.3 Å². The molecule has 0 aromatic carbocycles. The molecule has 0 aliphatic carbocycles. The summed E-state index contributed by atoms with van der Waals surface area (Å²) in [5.41, 5.74) is 3.04. The normalized spacial score (nSPS) is 19.6. The van der Waals surface area contributed by atoms with Gasteiger partial charge in [-0.15, -0.1) is 0 Å². The topological polar surface area (TPSA) is 64.2 Å². The maximum absolute atomic E-state index is 9.40. The summed E-state index contributed by atoms with van der Waals surface area (Å²) in [5, 5.41) is 21.9. The monoisotopic (exact) mass is 290 g/mol. The second-order valence-electron chi connectivity index (χ2n) is 5.86. The number of hydrogen-bond acceptors (Lipinski definition) is 4. The average Bonchev–Trinajstić information content (AvgIpc) is 2.79. The van der Waals surface area contributed by atoms with Crippen LogP contribution >= 0.6 is 0 Å². The van der Waals surface area contributed by atoms with E-state index in [1.807, 2.05) is 24.6 Å². The van der Waals surface area contributed by atoms with Crippen molar-refractivity contribution in [3.63, 3.8) is 0 Å². The van der Waals surface area contributed by atoms with Gasteiger partial charge in [0, 0.05) is 38.4 Å². The van der Waals surface area contributed by atoms with Gasteiger partial charge in [0.05, 0.1) is 6.61 Å². The zero-order valence-corrected chi connectivity index (χ0v) is 13.1. The van der Waals surface area contributed by atoms with Crippen molar-refractivity contribution < 1.29 is 5.11 Å². The molecule has 0 amide bonds. The molecule has 5 nitrogen and oxygen atoms in total. The summed E-state index contributed by atoms with van der Waals surface area (Å²) in [5.74, 6) is 0. The van der Waals surface area contributed by atoms with Crippen molar-refractivity contribution in [1.29, 1.82) is 5.26 Å². The number of rotatable bonds is 6. The lowest BCUT2D eigenvalue weighted by atomic mass is 10.0. The summed E-state index contributed by atoms with van der Waals surface area (Å²) < 4.78 is 1.93. The van der Waals surface area contributed by atoms with Crippen LogP contribution in [-0.2, 0) is 13.6 Å². The lowest BCUT2D eigenvalue weighted by Gasteiger charge is -2.34. The molecule has 0 spiro atoms. The first-order valence-electron chi connectivity index (χ1n) is 7.78. The van der Waals surface area contributed by atoms with Crippen molar-refractivity contribution >= 4 is 0 Å². The highest BCUT2D eigenvalue weighted by Crippen LogP contribution is 2.16. The number of piperidine rings is 1. The van der Waals surface area contributed by atoms with Gasteiger partial charge in [-0.1, -0.05) is 6.42 Å². The molecule has 1 aliphatic heterocycles. The third-order valence-electron chi connectivity index (χ3n) is 4.61. The Morgan fingerprint density at radius 1 is 1.48 bits per heavy atom. The van der Waals surface area contributed by atoms with E-state index in [1.165, 1.54) is 18.4 Å². The maximum Gasteiger partial charge on any atom is 0.120 e. The van der Waals surface area contributed by atoms with Crippen molar-refractivity contribution in [2.24, 2.45) is 7.05 Å². The number of nitrogens with one attached hydrogen (secondary N) is 1. The van der Waals surface area contributed by atoms with E-state index in [-0.39, 0.29) is 6.61 Å². The quantitative estimate of drug-likeness (QED) is 0.771. The van der Waals surface area contributed by atoms with Gasteiger partial charge >= 0.3 is 0 Å². The Hall–Kier alpha value is -1.35. The Kier molecular flexibility index (Phi) is 5.80. The molecule has 1 aliphatic rings. The number of nitriles is 1. The van der Waals surface area contributed by atoms with E-state index in [2.05, 4.69) is 16.3 Å². The molecule has 21 heavy (non-hydrogen) atoms. The summed E-state index contributed by atoms with van der Waals surface area (Å²) in [7, 11) is 1.93. The molecule has 116 valence electrons. The SMILES string of the molecule is Cc1c(CNCCN2CCCCC2CO)cc(C#N)n1C. The van der Waals surface area contributed by atoms with E-state index in [0.29, 0.717) is 11.7 Å². The van der Waals surface area contributed by atoms with E-state index in [9.17, 15) is 5.11 Å². The van der Waals surface area contributed by atoms with Crippen molar-refractivity contribution in [2.45, 2.75) is 38.8 Å². The number of likely N-dealkylation sites (tertiary alicyclic amines) is 1. The fourth-order valence-electron chi connectivity index (χ4n) is 3.06. The predicted octanol–water partition coefficient (Wildman–Crippen LogP) is 1.14. The minimum Gasteiger partial charge on any atom is -0.395 e. The van der Waals surface area contributed by atoms with Crippen LogP contribution in [0.2, 0.25) is 0 Å². The Bertz CT molecular complexity index is 503. The lowest BCUT2D eigenvalue weighted by molar-refractivity contribution is 0.0910. The highest BCUT2D eigenvalue weighted by atomic mass is 16.3. The van der Waals surface area contributed by atoms with Gasteiger partial charge in [0.15, 0.2) is 0 Å². The van der Waals surface area contributed by atoms with Gasteiger partial charge in [-0.05, 0) is 37.9 Å². The third kappa shape index (κ3) is 3.85. The van der Waals surface area contributed by atoms with Crippen molar-refractivity contribution in [3.8, 4) is 6.07 Å². The second-order valence-corrected chi connectivity index (χ2v) is 5.86. The highest BCUT2D eigenvalue weighted by Gasteiger charge is 2.20. The molecule has 0 saturated carbocycles. The van der Waals surface area contributed by atoms with Gasteiger partial charge in [0.2, 0.25) is 0 Å². The molecule has 2 heterocycles. The fourth-order valence-corrected chi connectivity index (χ4v) is 3.06. The zero-order chi connectivity index (χ0) is 15.2. The standard InChI is InChI=1S/C16H26N4O/c1-13-14(9-16(10-17)19(13)2)11-18-6-8-20-7-4-3-5-15(20)12-21/h9,15,18,21H,3-8,11-12H2,1-2H3. The van der Waals surface area contributed by atoms with Crippen LogP contribution in [0.15, 0.2) is 6.07 Å². The molecule has 1 unspecified atom stereocenters. The summed E-state index contributed by atoms with van der Waals surface area (Å²) in [6.45, 7) is 6.08. The van der Waals surface area contributed by atoms with Gasteiger partial charge in [-0.2, -0.15) is 5.26 Å². The average molecular weight is 290 g/mol. The van der Waals surface area contributed by atoms with Crippen molar-refractivity contribution in [3.05, 3.63) is 23.0 Å². The van der Waals surface area contributed by atoms with E-state index < -0.39 is 0 Å². The van der Waals surface area contributed by atoms with E-state index in [1.54, 1.807) is 0 Å². The van der Waals surface area contributed by atoms with E-state index in [4.69, 9.17) is 5.26 Å². The Morgan fingerprint density at radius 2 is 2.29 bits per heavy atom. The largest absolute Gasteiger partial charge is 0.395 e. The Balaban J connectivity index is 1.78. The molecular weight excluding hydrogens is 264 g/mol. The molecule has 1 aromatic heterocycles. The maximum atomic E-state index is 9.40. The molecule has 2 N–H and O–H groups in total. The number of aliphatic hydroxyl groups excluding tert-OH is 1. The lowest BCUT2D eigenvalue weighted by Crippen LogP contribution is -2.44. The van der Waals surface area contributed by atoms with E-state index >= 15 is 0 Å². The van der Waals surface area contributed by atoms with Crippen LogP contribution in [0.3, 0.4) is 0 Å². The fraction of sp³-hybridized carbons (Fsp3) is 0.688. The first-order valence-corrected chi connectivity index (χ1v) is 7.78. The Labute approximate surface area is 127 Å². The van der Waals surface area contributed by atoms with Gasteiger partial charge in [-0.3, -0.25) is 4.90 Å². The summed E-state index contributed by atoms with van der Waals surface area (Å²) >= 11 is 0. The molecule has 1 saturated heterocycles. The first kappa shape index (κ1) is 16.0. The molecule has 0 radical (unpaired) electrons. The van der Waals surface area contributed by atoms with Crippen LogP contribution in [-0.4, -0.2) is 46.9 Å². The molecule has 1 atom stereocenters. The smallest absolute Gasteiger partial charge is 0.120 e. The predicted molar refractivity (Wildman–Crippen MR) is 82.9 cm³/mol. The summed E-state index contributed by atoms with van der Waals surface area (Å²) in [6, 6.07) is 4.51. The van der Waals surface area contributed by atoms with E-state index in [0.717, 1.165) is 38.3 Å². The summed E-state index contributed by atoms with van der Waals surface area (Å²) in [4.78, 5) is 2.38. The number of nitrogens with zero attached hydrogens (tertiary/aromatic N) is 3. The van der Waals surface area contributed by atoms with Gasteiger partial charge in [0.1, 0.15) is 11.8 Å². The highest BCUT2D eigenvalue weighted by molar-refractivity contribution is 5.33. The molecule has 1 aromatic rings. The summed E-state index contributed by atoms with van der Waals surface area (Å²) in [6.07, 6.45) is 3.58. The van der Waals surface area contributed by atoms with Gasteiger partial charge in [-0.25, -0.2) is 0 Å². The molecule has 1 fully saturated rings. The minimum absolute atomic E-state index is 0.267. The zero-order valence-electron chi connectivity index (χ0n) is 13.1. The van der Waals surface area contributed by atoms with Crippen LogP contribution < -0.4 is 5.32 Å². The van der Waals surface area contributed by atoms with Crippen LogP contribution in [0.5, 0.6) is 0 Å².